The van der Waals surface area contributed by atoms with E-state index in [0.717, 1.165) is 60.7 Å². The maximum Gasteiger partial charge on any atom is 0.131 e. The van der Waals surface area contributed by atoms with E-state index >= 15 is 0 Å². The summed E-state index contributed by atoms with van der Waals surface area (Å²) in [5.41, 5.74) is 0. The summed E-state index contributed by atoms with van der Waals surface area (Å²) in [5.74, 6) is 2.03. The lowest BCUT2D eigenvalue weighted by Gasteiger charge is -2.26. The first-order valence-electron chi connectivity index (χ1n) is 7.04. The number of hydrogen-bond acceptors (Lipinski definition) is 6. The molecule has 0 unspecified atom stereocenters. The summed E-state index contributed by atoms with van der Waals surface area (Å²) < 4.78 is 5.37. The van der Waals surface area contributed by atoms with Gasteiger partial charge in [-0.05, 0) is 11.4 Å². The summed E-state index contributed by atoms with van der Waals surface area (Å²) in [7, 11) is 0. The number of nitrogens with zero attached hydrogens (tertiary/aromatic N) is 3. The molecule has 1 aliphatic heterocycles. The number of thioether (sulfide) groups is 1. The van der Waals surface area contributed by atoms with Crippen molar-refractivity contribution in [2.75, 3.05) is 38.6 Å². The molecule has 6 heteroatoms. The minimum absolute atomic E-state index is 0.868. The fourth-order valence-corrected chi connectivity index (χ4v) is 4.11. The average Bonchev–Trinajstić information content (AvgIpc) is 2.96. The van der Waals surface area contributed by atoms with Gasteiger partial charge in [-0.15, -0.1) is 23.1 Å². The molecule has 0 atom stereocenters. The van der Waals surface area contributed by atoms with Crippen molar-refractivity contribution in [3.63, 3.8) is 0 Å². The SMILES string of the molecule is CCc1nc(SCCN2CCOCC2)c2ccsc2n1. The Balaban J connectivity index is 1.65. The van der Waals surface area contributed by atoms with Crippen molar-refractivity contribution in [1.29, 1.82) is 0 Å². The Kier molecular flexibility index (Phi) is 4.88. The van der Waals surface area contributed by atoms with Crippen LogP contribution in [0.25, 0.3) is 10.2 Å². The van der Waals surface area contributed by atoms with Gasteiger partial charge in [-0.2, -0.15) is 0 Å². The van der Waals surface area contributed by atoms with Crippen molar-refractivity contribution >= 4 is 33.3 Å². The van der Waals surface area contributed by atoms with Crippen LogP contribution < -0.4 is 0 Å². The third kappa shape index (κ3) is 3.31. The molecule has 0 spiro atoms. The van der Waals surface area contributed by atoms with E-state index in [1.54, 1.807) is 11.3 Å². The van der Waals surface area contributed by atoms with Crippen LogP contribution in [0.15, 0.2) is 16.5 Å². The van der Waals surface area contributed by atoms with Gasteiger partial charge in [-0.25, -0.2) is 9.97 Å². The Hall–Kier alpha value is -0.690. The number of thiophene rings is 1. The molecular formula is C14H19N3OS2. The zero-order chi connectivity index (χ0) is 13.8. The molecule has 2 aromatic rings. The highest BCUT2D eigenvalue weighted by atomic mass is 32.2. The first-order valence-corrected chi connectivity index (χ1v) is 8.90. The second-order valence-corrected chi connectivity index (χ2v) is 6.72. The standard InChI is InChI=1S/C14H19N3OS2/c1-2-12-15-13-11(3-9-19-13)14(16-12)20-10-6-17-4-7-18-8-5-17/h3,9H,2,4-8,10H2,1H3. The van der Waals surface area contributed by atoms with E-state index in [1.807, 2.05) is 11.8 Å². The van der Waals surface area contributed by atoms with Gasteiger partial charge in [-0.3, -0.25) is 4.90 Å². The van der Waals surface area contributed by atoms with Crippen molar-refractivity contribution in [3.8, 4) is 0 Å². The van der Waals surface area contributed by atoms with Crippen LogP contribution in [-0.4, -0.2) is 53.5 Å². The molecule has 0 aliphatic carbocycles. The summed E-state index contributed by atoms with van der Waals surface area (Å²) in [6.45, 7) is 7.05. The van der Waals surface area contributed by atoms with Crippen LogP contribution in [0.5, 0.6) is 0 Å². The summed E-state index contributed by atoms with van der Waals surface area (Å²) in [6, 6.07) is 2.14. The highest BCUT2D eigenvalue weighted by molar-refractivity contribution is 7.99. The molecule has 4 nitrogen and oxygen atoms in total. The smallest absolute Gasteiger partial charge is 0.131 e. The molecule has 1 fully saturated rings. The van der Waals surface area contributed by atoms with Crippen LogP contribution in [0.3, 0.4) is 0 Å². The molecule has 0 radical (unpaired) electrons. The molecule has 3 rings (SSSR count). The molecule has 0 bridgehead atoms. The molecule has 20 heavy (non-hydrogen) atoms. The lowest BCUT2D eigenvalue weighted by atomic mass is 10.4. The topological polar surface area (TPSA) is 38.2 Å². The van der Waals surface area contributed by atoms with E-state index in [0.29, 0.717) is 0 Å². The van der Waals surface area contributed by atoms with E-state index in [9.17, 15) is 0 Å². The van der Waals surface area contributed by atoms with Gasteiger partial charge in [0.25, 0.3) is 0 Å². The summed E-state index contributed by atoms with van der Waals surface area (Å²) in [4.78, 5) is 12.8. The molecule has 1 saturated heterocycles. The van der Waals surface area contributed by atoms with E-state index in [4.69, 9.17) is 4.74 Å². The van der Waals surface area contributed by atoms with Crippen molar-refractivity contribution in [2.24, 2.45) is 0 Å². The first kappa shape index (κ1) is 14.3. The van der Waals surface area contributed by atoms with E-state index < -0.39 is 0 Å². The zero-order valence-corrected chi connectivity index (χ0v) is 13.3. The van der Waals surface area contributed by atoms with Crippen LogP contribution >= 0.6 is 23.1 Å². The van der Waals surface area contributed by atoms with Crippen LogP contribution in [-0.2, 0) is 11.2 Å². The predicted octanol–water partition coefficient (Wildman–Crippen LogP) is 2.68. The van der Waals surface area contributed by atoms with E-state index in [-0.39, 0.29) is 0 Å². The van der Waals surface area contributed by atoms with E-state index in [2.05, 4.69) is 33.2 Å². The van der Waals surface area contributed by atoms with Crippen LogP contribution in [0.2, 0.25) is 0 Å². The quantitative estimate of drug-likeness (QED) is 0.627. The summed E-state index contributed by atoms with van der Waals surface area (Å²) in [5, 5.41) is 4.45. The minimum Gasteiger partial charge on any atom is -0.379 e. The third-order valence-electron chi connectivity index (χ3n) is 3.40. The fourth-order valence-electron chi connectivity index (χ4n) is 2.23. The molecule has 108 valence electrons. The summed E-state index contributed by atoms with van der Waals surface area (Å²) in [6.07, 6.45) is 0.894. The molecule has 0 aromatic carbocycles. The zero-order valence-electron chi connectivity index (χ0n) is 11.7. The number of ether oxygens (including phenoxy) is 1. The van der Waals surface area contributed by atoms with Crippen LogP contribution in [0.1, 0.15) is 12.7 Å². The van der Waals surface area contributed by atoms with Gasteiger partial charge in [0, 0.05) is 37.2 Å². The van der Waals surface area contributed by atoms with Gasteiger partial charge < -0.3 is 4.74 Å². The molecule has 0 saturated carbocycles. The van der Waals surface area contributed by atoms with Crippen molar-refractivity contribution in [3.05, 3.63) is 17.3 Å². The largest absolute Gasteiger partial charge is 0.379 e. The molecule has 3 heterocycles. The second-order valence-electron chi connectivity index (χ2n) is 4.74. The number of rotatable bonds is 5. The Morgan fingerprint density at radius 1 is 1.35 bits per heavy atom. The van der Waals surface area contributed by atoms with E-state index in [1.165, 1.54) is 5.39 Å². The van der Waals surface area contributed by atoms with Gasteiger partial charge in [0.2, 0.25) is 0 Å². The molecule has 0 amide bonds. The minimum atomic E-state index is 0.868. The van der Waals surface area contributed by atoms with Gasteiger partial charge in [0.1, 0.15) is 15.7 Å². The third-order valence-corrected chi connectivity index (χ3v) is 5.18. The average molecular weight is 309 g/mol. The number of morpholine rings is 1. The Morgan fingerprint density at radius 3 is 3.00 bits per heavy atom. The van der Waals surface area contributed by atoms with Gasteiger partial charge in [0.05, 0.1) is 13.2 Å². The first-order chi connectivity index (χ1) is 9.86. The normalized spacial score (nSPS) is 16.9. The number of fused-ring (bicyclic) bond motifs is 1. The van der Waals surface area contributed by atoms with Crippen molar-refractivity contribution in [1.82, 2.24) is 14.9 Å². The maximum atomic E-state index is 5.37. The Bertz CT molecular complexity index is 567. The monoisotopic (exact) mass is 309 g/mol. The van der Waals surface area contributed by atoms with Crippen LogP contribution in [0, 0.1) is 0 Å². The second kappa shape index (κ2) is 6.85. The number of aromatic nitrogens is 2. The Labute approximate surface area is 127 Å². The van der Waals surface area contributed by atoms with Gasteiger partial charge >= 0.3 is 0 Å². The number of hydrogen-bond donors (Lipinski definition) is 0. The van der Waals surface area contributed by atoms with Crippen LogP contribution in [0.4, 0.5) is 0 Å². The Morgan fingerprint density at radius 2 is 2.20 bits per heavy atom. The summed E-state index contributed by atoms with van der Waals surface area (Å²) >= 11 is 3.55. The van der Waals surface area contributed by atoms with Gasteiger partial charge in [-0.1, -0.05) is 6.92 Å². The fraction of sp³-hybridized carbons (Fsp3) is 0.571. The lowest BCUT2D eigenvalue weighted by Crippen LogP contribution is -2.37. The highest BCUT2D eigenvalue weighted by Crippen LogP contribution is 2.28. The number of aryl methyl sites for hydroxylation is 1. The van der Waals surface area contributed by atoms with Crippen molar-refractivity contribution < 1.29 is 4.74 Å². The highest BCUT2D eigenvalue weighted by Gasteiger charge is 2.12. The maximum absolute atomic E-state index is 5.37. The van der Waals surface area contributed by atoms with Gasteiger partial charge in [0.15, 0.2) is 0 Å². The lowest BCUT2D eigenvalue weighted by molar-refractivity contribution is 0.0410. The van der Waals surface area contributed by atoms with Crippen molar-refractivity contribution in [2.45, 2.75) is 18.4 Å². The molecule has 2 aromatic heterocycles. The molecule has 0 N–H and O–H groups in total. The molecule has 1 aliphatic rings. The molecular weight excluding hydrogens is 290 g/mol. The predicted molar refractivity (Wildman–Crippen MR) is 84.8 cm³/mol.